The average Bonchev–Trinajstić information content (AvgIpc) is 3.15. The van der Waals surface area contributed by atoms with Crippen molar-refractivity contribution < 1.29 is 19.1 Å². The summed E-state index contributed by atoms with van der Waals surface area (Å²) in [5, 5.41) is 6.23. The van der Waals surface area contributed by atoms with Crippen LogP contribution in [0.25, 0.3) is 0 Å². The average molecular weight is 492 g/mol. The molecule has 0 bridgehead atoms. The number of methoxy groups -OCH3 is 1. The number of nitrogens with one attached hydrogen (secondary N) is 2. The first-order valence-electron chi connectivity index (χ1n) is 11.8. The van der Waals surface area contributed by atoms with Crippen LogP contribution in [0.2, 0.25) is 0 Å². The van der Waals surface area contributed by atoms with E-state index in [-0.39, 0.29) is 35.0 Å². The van der Waals surface area contributed by atoms with Gasteiger partial charge >= 0.3 is 0 Å². The summed E-state index contributed by atoms with van der Waals surface area (Å²) >= 11 is 0. The van der Waals surface area contributed by atoms with Crippen LogP contribution in [-0.2, 0) is 6.54 Å². The molecule has 184 valence electrons. The SMILES string of the molecule is COc1ccc(CN2C(=O)c3ccc(C(=O)Nc4ccccc4Nc4ccc(C)cc4)cc3C2=O)cc1. The monoisotopic (exact) mass is 491 g/mol. The molecule has 0 unspecified atom stereocenters. The van der Waals surface area contributed by atoms with Crippen LogP contribution in [0.4, 0.5) is 17.1 Å². The van der Waals surface area contributed by atoms with Crippen LogP contribution in [-0.4, -0.2) is 29.7 Å². The van der Waals surface area contributed by atoms with Crippen LogP contribution in [0.15, 0.2) is 91.0 Å². The van der Waals surface area contributed by atoms with Gasteiger partial charge in [-0.1, -0.05) is 42.0 Å². The van der Waals surface area contributed by atoms with Gasteiger partial charge in [0.2, 0.25) is 0 Å². The smallest absolute Gasteiger partial charge is 0.261 e. The van der Waals surface area contributed by atoms with E-state index in [2.05, 4.69) is 10.6 Å². The number of hydrogen-bond acceptors (Lipinski definition) is 5. The van der Waals surface area contributed by atoms with E-state index in [0.29, 0.717) is 11.4 Å². The number of imide groups is 1. The maximum absolute atomic E-state index is 13.1. The molecule has 0 aliphatic carbocycles. The second-order valence-electron chi connectivity index (χ2n) is 8.80. The zero-order valence-corrected chi connectivity index (χ0v) is 20.4. The molecule has 0 spiro atoms. The number of carbonyl (C=O) groups is 3. The molecular formula is C30H25N3O4. The zero-order valence-electron chi connectivity index (χ0n) is 20.4. The summed E-state index contributed by atoms with van der Waals surface area (Å²) in [6, 6.07) is 27.1. The molecular weight excluding hydrogens is 466 g/mol. The number of anilines is 3. The highest BCUT2D eigenvalue weighted by atomic mass is 16.5. The Morgan fingerprint density at radius 1 is 0.811 bits per heavy atom. The van der Waals surface area contributed by atoms with Crippen molar-refractivity contribution >= 4 is 34.8 Å². The molecule has 37 heavy (non-hydrogen) atoms. The predicted molar refractivity (Wildman–Crippen MR) is 142 cm³/mol. The van der Waals surface area contributed by atoms with Crippen molar-refractivity contribution in [2.75, 3.05) is 17.7 Å². The van der Waals surface area contributed by atoms with E-state index in [1.54, 1.807) is 31.4 Å². The Hall–Kier alpha value is -4.91. The summed E-state index contributed by atoms with van der Waals surface area (Å²) in [7, 11) is 1.58. The van der Waals surface area contributed by atoms with E-state index in [4.69, 9.17) is 4.74 Å². The number of benzene rings is 4. The Morgan fingerprint density at radius 3 is 2.19 bits per heavy atom. The number of rotatable bonds is 7. The first kappa shape index (κ1) is 23.8. The standard InChI is InChI=1S/C30H25N3O4/c1-19-7-12-22(13-8-19)31-26-5-3-4-6-27(26)32-28(34)21-11-16-24-25(17-21)30(36)33(29(24)35)18-20-9-14-23(37-2)15-10-20/h3-17,31H,18H2,1-2H3,(H,32,34). The largest absolute Gasteiger partial charge is 0.497 e. The molecule has 0 atom stereocenters. The summed E-state index contributed by atoms with van der Waals surface area (Å²) in [4.78, 5) is 40.3. The molecule has 0 saturated carbocycles. The fraction of sp³-hybridized carbons (Fsp3) is 0.100. The second kappa shape index (κ2) is 9.99. The minimum atomic E-state index is -0.424. The molecule has 4 aromatic rings. The number of amides is 3. The number of fused-ring (bicyclic) bond motifs is 1. The highest BCUT2D eigenvalue weighted by Gasteiger charge is 2.36. The normalized spacial score (nSPS) is 12.3. The van der Waals surface area contributed by atoms with Gasteiger partial charge < -0.3 is 15.4 Å². The second-order valence-corrected chi connectivity index (χ2v) is 8.80. The molecule has 5 rings (SSSR count). The molecule has 3 amide bonds. The lowest BCUT2D eigenvalue weighted by molar-refractivity contribution is 0.0642. The summed E-state index contributed by atoms with van der Waals surface area (Å²) in [6.07, 6.45) is 0. The molecule has 1 aliphatic heterocycles. The van der Waals surface area contributed by atoms with E-state index < -0.39 is 5.91 Å². The van der Waals surface area contributed by atoms with E-state index in [0.717, 1.165) is 22.5 Å². The van der Waals surface area contributed by atoms with Gasteiger partial charge in [-0.2, -0.15) is 0 Å². The van der Waals surface area contributed by atoms with Crippen molar-refractivity contribution in [1.82, 2.24) is 4.90 Å². The van der Waals surface area contributed by atoms with Crippen molar-refractivity contribution in [3.63, 3.8) is 0 Å². The van der Waals surface area contributed by atoms with Gasteiger partial charge in [0.15, 0.2) is 0 Å². The maximum atomic E-state index is 13.1. The van der Waals surface area contributed by atoms with Crippen LogP contribution < -0.4 is 15.4 Å². The third-order valence-corrected chi connectivity index (χ3v) is 6.24. The van der Waals surface area contributed by atoms with Crippen molar-refractivity contribution in [3.05, 3.63) is 119 Å². The van der Waals surface area contributed by atoms with Gasteiger partial charge in [-0.15, -0.1) is 0 Å². The van der Waals surface area contributed by atoms with Crippen LogP contribution >= 0.6 is 0 Å². The minimum Gasteiger partial charge on any atom is -0.497 e. The van der Waals surface area contributed by atoms with Gasteiger partial charge in [-0.25, -0.2) is 0 Å². The molecule has 0 saturated heterocycles. The number of nitrogens with zero attached hydrogens (tertiary/aromatic N) is 1. The van der Waals surface area contributed by atoms with Crippen molar-refractivity contribution in [3.8, 4) is 5.75 Å². The van der Waals surface area contributed by atoms with Crippen LogP contribution in [0, 0.1) is 6.92 Å². The highest BCUT2D eigenvalue weighted by Crippen LogP contribution is 2.29. The van der Waals surface area contributed by atoms with Gasteiger partial charge in [0.1, 0.15) is 5.75 Å². The zero-order chi connectivity index (χ0) is 25.9. The lowest BCUT2D eigenvalue weighted by Crippen LogP contribution is -2.29. The van der Waals surface area contributed by atoms with Crippen LogP contribution in [0.1, 0.15) is 42.2 Å². The summed E-state index contributed by atoms with van der Waals surface area (Å²) < 4.78 is 5.16. The number of carbonyl (C=O) groups excluding carboxylic acids is 3. The Morgan fingerprint density at radius 2 is 1.49 bits per heavy atom. The van der Waals surface area contributed by atoms with E-state index in [1.807, 2.05) is 61.5 Å². The first-order valence-corrected chi connectivity index (χ1v) is 11.8. The van der Waals surface area contributed by atoms with Crippen molar-refractivity contribution in [2.24, 2.45) is 0 Å². The molecule has 0 aromatic heterocycles. The first-order chi connectivity index (χ1) is 17.9. The summed E-state index contributed by atoms with van der Waals surface area (Å²) in [5.74, 6) is -0.491. The molecule has 0 fully saturated rings. The topological polar surface area (TPSA) is 87.7 Å². The third-order valence-electron chi connectivity index (χ3n) is 6.24. The van der Waals surface area contributed by atoms with Crippen LogP contribution in [0.5, 0.6) is 5.75 Å². The number of aryl methyl sites for hydroxylation is 1. The Balaban J connectivity index is 1.33. The van der Waals surface area contributed by atoms with Crippen molar-refractivity contribution in [1.29, 1.82) is 0 Å². The maximum Gasteiger partial charge on any atom is 0.261 e. The predicted octanol–water partition coefficient (Wildman–Crippen LogP) is 5.80. The number of hydrogen-bond donors (Lipinski definition) is 2. The number of ether oxygens (including phenoxy) is 1. The summed E-state index contributed by atoms with van der Waals surface area (Å²) in [6.45, 7) is 2.15. The quantitative estimate of drug-likeness (QED) is 0.319. The van der Waals surface area contributed by atoms with Gasteiger partial charge in [0, 0.05) is 11.3 Å². The van der Waals surface area contributed by atoms with Gasteiger partial charge in [-0.3, -0.25) is 19.3 Å². The van der Waals surface area contributed by atoms with Crippen LogP contribution in [0.3, 0.4) is 0 Å². The molecule has 0 radical (unpaired) electrons. The fourth-order valence-electron chi connectivity index (χ4n) is 4.18. The molecule has 2 N–H and O–H groups in total. The Kier molecular flexibility index (Phi) is 6.43. The molecule has 1 aliphatic rings. The highest BCUT2D eigenvalue weighted by molar-refractivity contribution is 6.22. The van der Waals surface area contributed by atoms with Crippen molar-refractivity contribution in [2.45, 2.75) is 13.5 Å². The van der Waals surface area contributed by atoms with E-state index >= 15 is 0 Å². The fourth-order valence-corrected chi connectivity index (χ4v) is 4.18. The van der Waals surface area contributed by atoms with E-state index in [1.165, 1.54) is 17.0 Å². The van der Waals surface area contributed by atoms with Gasteiger partial charge in [-0.05, 0) is 67.1 Å². The molecule has 4 aromatic carbocycles. The lowest BCUT2D eigenvalue weighted by atomic mass is 10.1. The summed E-state index contributed by atoms with van der Waals surface area (Å²) in [5.41, 5.74) is 4.97. The Labute approximate surface area is 214 Å². The number of para-hydroxylation sites is 2. The third kappa shape index (κ3) is 4.92. The minimum absolute atomic E-state index is 0.135. The molecule has 1 heterocycles. The molecule has 7 heteroatoms. The molecule has 7 nitrogen and oxygen atoms in total. The van der Waals surface area contributed by atoms with E-state index in [9.17, 15) is 14.4 Å². The van der Waals surface area contributed by atoms with Gasteiger partial charge in [0.25, 0.3) is 17.7 Å². The Bertz CT molecular complexity index is 1490. The van der Waals surface area contributed by atoms with Gasteiger partial charge in [0.05, 0.1) is 36.2 Å². The lowest BCUT2D eigenvalue weighted by Gasteiger charge is -2.14.